The molecule has 0 bridgehead atoms. The van der Waals surface area contributed by atoms with Gasteiger partial charge in [0.1, 0.15) is 6.17 Å². The van der Waals surface area contributed by atoms with Crippen molar-refractivity contribution >= 4 is 0 Å². The zero-order chi connectivity index (χ0) is 18.2. The van der Waals surface area contributed by atoms with Crippen molar-refractivity contribution in [1.82, 2.24) is 15.1 Å². The molecule has 2 aliphatic heterocycles. The largest absolute Gasteiger partial charge is 0.325 e. The first kappa shape index (κ1) is 20.1. The highest BCUT2D eigenvalue weighted by Gasteiger charge is 2.38. The quantitative estimate of drug-likeness (QED) is 0.823. The lowest BCUT2D eigenvalue weighted by atomic mass is 9.86. The van der Waals surface area contributed by atoms with Crippen LogP contribution < -0.4 is 11.1 Å². The molecule has 0 aliphatic carbocycles. The second-order valence-corrected chi connectivity index (χ2v) is 9.94. The van der Waals surface area contributed by atoms with E-state index in [9.17, 15) is 4.39 Å². The van der Waals surface area contributed by atoms with E-state index in [1.54, 1.807) is 0 Å². The van der Waals surface area contributed by atoms with Crippen molar-refractivity contribution < 1.29 is 4.39 Å². The van der Waals surface area contributed by atoms with Gasteiger partial charge in [-0.05, 0) is 73.9 Å². The Bertz CT molecular complexity index is 410. The van der Waals surface area contributed by atoms with E-state index in [4.69, 9.17) is 5.73 Å². The van der Waals surface area contributed by atoms with Gasteiger partial charge in [0.05, 0.1) is 0 Å². The highest BCUT2D eigenvalue weighted by Crippen LogP contribution is 2.28. The van der Waals surface area contributed by atoms with Gasteiger partial charge in [0.2, 0.25) is 0 Å². The van der Waals surface area contributed by atoms with Gasteiger partial charge in [0, 0.05) is 42.3 Å². The van der Waals surface area contributed by atoms with Crippen molar-refractivity contribution in [3.05, 3.63) is 0 Å². The molecule has 142 valence electrons. The average Bonchev–Trinajstić information content (AvgIpc) is 2.42. The number of nitrogens with one attached hydrogen (secondary N) is 1. The van der Waals surface area contributed by atoms with Gasteiger partial charge >= 0.3 is 0 Å². The predicted octanol–water partition coefficient (Wildman–Crippen LogP) is 2.38. The van der Waals surface area contributed by atoms with Crippen LogP contribution >= 0.6 is 0 Å². The molecule has 4 nitrogen and oxygen atoms in total. The van der Waals surface area contributed by atoms with Crippen molar-refractivity contribution in [2.75, 3.05) is 32.7 Å². The standard InChI is InChI=1S/C19H39FN4/c1-17(2,3)22-19(6)8-11-23(12-9-19)14-18(4,5)24-10-7-16(21)15(20)13-24/h15-16,22H,7-14,21H2,1-6H3/t15-,16-/m0/s1. The van der Waals surface area contributed by atoms with Gasteiger partial charge < -0.3 is 16.0 Å². The fourth-order valence-corrected chi connectivity index (χ4v) is 4.35. The Labute approximate surface area is 148 Å². The summed E-state index contributed by atoms with van der Waals surface area (Å²) in [6.07, 6.45) is 2.20. The minimum Gasteiger partial charge on any atom is -0.325 e. The highest BCUT2D eigenvalue weighted by atomic mass is 19.1. The van der Waals surface area contributed by atoms with Crippen LogP contribution in [0.25, 0.3) is 0 Å². The molecule has 2 heterocycles. The van der Waals surface area contributed by atoms with Gasteiger partial charge in [-0.25, -0.2) is 4.39 Å². The molecule has 2 fully saturated rings. The predicted molar refractivity (Wildman–Crippen MR) is 100 cm³/mol. The maximum Gasteiger partial charge on any atom is 0.128 e. The van der Waals surface area contributed by atoms with Gasteiger partial charge in [-0.15, -0.1) is 0 Å². The minimum absolute atomic E-state index is 0.00429. The van der Waals surface area contributed by atoms with Gasteiger partial charge in [0.25, 0.3) is 0 Å². The molecule has 0 saturated carbocycles. The zero-order valence-electron chi connectivity index (χ0n) is 16.7. The summed E-state index contributed by atoms with van der Waals surface area (Å²) < 4.78 is 14.0. The summed E-state index contributed by atoms with van der Waals surface area (Å²) in [7, 11) is 0. The molecule has 0 aromatic heterocycles. The molecule has 2 aliphatic rings. The third-order valence-corrected chi connectivity index (χ3v) is 5.69. The van der Waals surface area contributed by atoms with E-state index in [1.165, 1.54) is 0 Å². The van der Waals surface area contributed by atoms with Crippen LogP contribution in [0.4, 0.5) is 4.39 Å². The normalized spacial score (nSPS) is 30.5. The zero-order valence-corrected chi connectivity index (χ0v) is 16.7. The number of nitrogens with two attached hydrogens (primary N) is 1. The summed E-state index contributed by atoms with van der Waals surface area (Å²) in [6, 6.07) is -0.281. The Hall–Kier alpha value is -0.230. The molecule has 2 saturated heterocycles. The molecule has 2 rings (SSSR count). The van der Waals surface area contributed by atoms with E-state index >= 15 is 0 Å². The molecular weight excluding hydrogens is 303 g/mol. The van der Waals surface area contributed by atoms with E-state index in [-0.39, 0.29) is 22.7 Å². The maximum absolute atomic E-state index is 14.0. The van der Waals surface area contributed by atoms with Crippen LogP contribution in [-0.2, 0) is 0 Å². The molecule has 5 heteroatoms. The Morgan fingerprint density at radius 2 is 1.71 bits per heavy atom. The fourth-order valence-electron chi connectivity index (χ4n) is 4.35. The number of nitrogens with zero attached hydrogens (tertiary/aromatic N) is 2. The molecular formula is C19H39FN4. The summed E-state index contributed by atoms with van der Waals surface area (Å²) in [6.45, 7) is 18.2. The molecule has 0 aromatic rings. The van der Waals surface area contributed by atoms with Crippen molar-refractivity contribution in [3.8, 4) is 0 Å². The van der Waals surface area contributed by atoms with Crippen LogP contribution in [0.5, 0.6) is 0 Å². The van der Waals surface area contributed by atoms with E-state index in [1.807, 2.05) is 0 Å². The number of likely N-dealkylation sites (tertiary alicyclic amines) is 2. The van der Waals surface area contributed by atoms with Crippen molar-refractivity contribution in [1.29, 1.82) is 0 Å². The number of halogens is 1. The molecule has 0 spiro atoms. The topological polar surface area (TPSA) is 44.5 Å². The smallest absolute Gasteiger partial charge is 0.128 e. The Morgan fingerprint density at radius 3 is 2.21 bits per heavy atom. The Kier molecular flexibility index (Phi) is 6.01. The maximum atomic E-state index is 14.0. The molecule has 0 amide bonds. The van der Waals surface area contributed by atoms with Crippen molar-refractivity contribution in [2.24, 2.45) is 5.73 Å². The third-order valence-electron chi connectivity index (χ3n) is 5.69. The first-order valence-corrected chi connectivity index (χ1v) is 9.57. The lowest BCUT2D eigenvalue weighted by Crippen LogP contribution is -2.62. The number of hydrogen-bond donors (Lipinski definition) is 2. The minimum atomic E-state index is -0.890. The summed E-state index contributed by atoms with van der Waals surface area (Å²) in [4.78, 5) is 4.84. The lowest BCUT2D eigenvalue weighted by molar-refractivity contribution is 0.00876. The summed E-state index contributed by atoms with van der Waals surface area (Å²) in [5.41, 5.74) is 6.20. The van der Waals surface area contributed by atoms with Gasteiger partial charge in [-0.1, -0.05) is 0 Å². The summed E-state index contributed by atoms with van der Waals surface area (Å²) >= 11 is 0. The SMILES string of the molecule is CC(C)(C)NC1(C)CCN(CC(C)(C)N2CC[C@H](N)[C@@H](F)C2)CC1. The van der Waals surface area contributed by atoms with Crippen LogP contribution in [-0.4, -0.2) is 71.4 Å². The van der Waals surface area contributed by atoms with Crippen molar-refractivity contribution in [3.63, 3.8) is 0 Å². The van der Waals surface area contributed by atoms with Gasteiger partial charge in [-0.3, -0.25) is 4.90 Å². The average molecular weight is 343 g/mol. The van der Waals surface area contributed by atoms with Crippen molar-refractivity contribution in [2.45, 2.75) is 89.6 Å². The van der Waals surface area contributed by atoms with Crippen LogP contribution in [0.2, 0.25) is 0 Å². The first-order valence-electron chi connectivity index (χ1n) is 9.57. The van der Waals surface area contributed by atoms with Gasteiger partial charge in [-0.2, -0.15) is 0 Å². The van der Waals surface area contributed by atoms with Crippen LogP contribution in [0.1, 0.15) is 60.8 Å². The molecule has 24 heavy (non-hydrogen) atoms. The summed E-state index contributed by atoms with van der Waals surface area (Å²) in [5.74, 6) is 0. The number of piperidine rings is 2. The number of rotatable bonds is 4. The fraction of sp³-hybridized carbons (Fsp3) is 1.00. The Morgan fingerprint density at radius 1 is 1.12 bits per heavy atom. The van der Waals surface area contributed by atoms with E-state index in [0.717, 1.165) is 45.4 Å². The Balaban J connectivity index is 1.86. The molecule has 0 unspecified atom stereocenters. The van der Waals surface area contributed by atoms with E-state index in [0.29, 0.717) is 6.54 Å². The van der Waals surface area contributed by atoms with Crippen LogP contribution in [0.15, 0.2) is 0 Å². The molecule has 0 radical (unpaired) electrons. The molecule has 0 aromatic carbocycles. The third kappa shape index (κ3) is 5.38. The molecule has 2 atom stereocenters. The van der Waals surface area contributed by atoms with E-state index < -0.39 is 6.17 Å². The lowest BCUT2D eigenvalue weighted by Gasteiger charge is -2.49. The second kappa shape index (κ2) is 7.18. The first-order chi connectivity index (χ1) is 10.9. The summed E-state index contributed by atoms with van der Waals surface area (Å²) in [5, 5.41) is 3.79. The van der Waals surface area contributed by atoms with Gasteiger partial charge in [0.15, 0.2) is 0 Å². The molecule has 3 N–H and O–H groups in total. The number of alkyl halides is 1. The van der Waals surface area contributed by atoms with E-state index in [2.05, 4.69) is 56.7 Å². The monoisotopic (exact) mass is 342 g/mol. The van der Waals surface area contributed by atoms with Crippen LogP contribution in [0.3, 0.4) is 0 Å². The number of hydrogen-bond acceptors (Lipinski definition) is 4. The van der Waals surface area contributed by atoms with Crippen LogP contribution in [0, 0.1) is 0 Å². The second-order valence-electron chi connectivity index (χ2n) is 9.94. The highest BCUT2D eigenvalue weighted by molar-refractivity contribution is 4.97.